The Labute approximate surface area is 70.2 Å². The van der Waals surface area contributed by atoms with Crippen molar-refractivity contribution < 1.29 is 4.39 Å². The van der Waals surface area contributed by atoms with Crippen LogP contribution in [0.4, 0.5) is 4.39 Å². The molecule has 0 aromatic carbocycles. The SMILES string of the molecule is C[C@H](NCCF)c1cccs1. The van der Waals surface area contributed by atoms with E-state index in [0.717, 1.165) is 0 Å². The largest absolute Gasteiger partial charge is 0.307 e. The lowest BCUT2D eigenvalue weighted by Gasteiger charge is -2.09. The molecule has 1 aromatic heterocycles. The molecule has 1 atom stereocenters. The van der Waals surface area contributed by atoms with Crippen LogP contribution in [0.2, 0.25) is 0 Å². The van der Waals surface area contributed by atoms with Crippen molar-refractivity contribution >= 4 is 11.3 Å². The van der Waals surface area contributed by atoms with Crippen molar-refractivity contribution in [3.05, 3.63) is 22.4 Å². The summed E-state index contributed by atoms with van der Waals surface area (Å²) in [6.45, 7) is 2.19. The first kappa shape index (κ1) is 8.68. The van der Waals surface area contributed by atoms with E-state index in [0.29, 0.717) is 6.54 Å². The molecule has 0 aliphatic carbocycles. The molecule has 0 fully saturated rings. The third kappa shape index (κ3) is 2.60. The van der Waals surface area contributed by atoms with E-state index in [1.165, 1.54) is 4.88 Å². The van der Waals surface area contributed by atoms with Crippen molar-refractivity contribution in [3.8, 4) is 0 Å². The van der Waals surface area contributed by atoms with Gasteiger partial charge < -0.3 is 5.32 Å². The first-order valence-corrected chi connectivity index (χ1v) is 4.55. The van der Waals surface area contributed by atoms with Crippen LogP contribution in [0.15, 0.2) is 17.5 Å². The Morgan fingerprint density at radius 3 is 3.09 bits per heavy atom. The van der Waals surface area contributed by atoms with Crippen LogP contribution in [0.1, 0.15) is 17.8 Å². The van der Waals surface area contributed by atoms with Crippen LogP contribution in [0.3, 0.4) is 0 Å². The van der Waals surface area contributed by atoms with E-state index >= 15 is 0 Å². The average Bonchev–Trinajstić information content (AvgIpc) is 2.52. The molecule has 1 rings (SSSR count). The Kier molecular flexibility index (Phi) is 3.52. The highest BCUT2D eigenvalue weighted by Gasteiger charge is 2.03. The van der Waals surface area contributed by atoms with Crippen LogP contribution < -0.4 is 5.32 Å². The van der Waals surface area contributed by atoms with Gasteiger partial charge in [-0.2, -0.15) is 0 Å². The highest BCUT2D eigenvalue weighted by molar-refractivity contribution is 7.10. The fourth-order valence-electron chi connectivity index (χ4n) is 0.909. The van der Waals surface area contributed by atoms with Crippen LogP contribution in [0.5, 0.6) is 0 Å². The van der Waals surface area contributed by atoms with Crippen molar-refractivity contribution in [2.24, 2.45) is 0 Å². The Balaban J connectivity index is 2.36. The van der Waals surface area contributed by atoms with Gasteiger partial charge in [0.1, 0.15) is 6.67 Å². The molecule has 1 nitrogen and oxygen atoms in total. The van der Waals surface area contributed by atoms with Gasteiger partial charge in [-0.25, -0.2) is 4.39 Å². The van der Waals surface area contributed by atoms with Gasteiger partial charge in [-0.1, -0.05) is 6.07 Å². The number of alkyl halides is 1. The normalized spacial score (nSPS) is 13.3. The maximum Gasteiger partial charge on any atom is 0.102 e. The van der Waals surface area contributed by atoms with Gasteiger partial charge >= 0.3 is 0 Å². The fraction of sp³-hybridized carbons (Fsp3) is 0.500. The Morgan fingerprint density at radius 2 is 2.55 bits per heavy atom. The number of halogens is 1. The standard InChI is InChI=1S/C8H12FNS/c1-7(10-5-4-9)8-3-2-6-11-8/h2-3,6-7,10H,4-5H2,1H3/t7-/m0/s1. The lowest BCUT2D eigenvalue weighted by molar-refractivity contribution is 0.446. The van der Waals surface area contributed by atoms with Crippen molar-refractivity contribution in [1.82, 2.24) is 5.32 Å². The molecule has 0 aliphatic rings. The van der Waals surface area contributed by atoms with Gasteiger partial charge in [-0.15, -0.1) is 11.3 Å². The van der Waals surface area contributed by atoms with E-state index in [9.17, 15) is 4.39 Å². The van der Waals surface area contributed by atoms with E-state index in [-0.39, 0.29) is 12.7 Å². The maximum absolute atomic E-state index is 11.7. The molecule has 62 valence electrons. The zero-order valence-corrected chi connectivity index (χ0v) is 7.33. The number of rotatable bonds is 4. The number of hydrogen-bond donors (Lipinski definition) is 1. The second kappa shape index (κ2) is 4.46. The van der Waals surface area contributed by atoms with Gasteiger partial charge in [-0.05, 0) is 18.4 Å². The highest BCUT2D eigenvalue weighted by Crippen LogP contribution is 2.17. The monoisotopic (exact) mass is 173 g/mol. The molecule has 0 saturated carbocycles. The Morgan fingerprint density at radius 1 is 1.73 bits per heavy atom. The van der Waals surface area contributed by atoms with Crippen molar-refractivity contribution in [2.45, 2.75) is 13.0 Å². The molecular formula is C8H12FNS. The lowest BCUT2D eigenvalue weighted by Crippen LogP contribution is -2.19. The minimum Gasteiger partial charge on any atom is -0.307 e. The van der Waals surface area contributed by atoms with E-state index in [1.807, 2.05) is 18.4 Å². The topological polar surface area (TPSA) is 12.0 Å². The van der Waals surface area contributed by atoms with E-state index in [4.69, 9.17) is 0 Å². The van der Waals surface area contributed by atoms with Gasteiger partial charge in [0.25, 0.3) is 0 Å². The summed E-state index contributed by atoms with van der Waals surface area (Å²) in [5, 5.41) is 5.10. The molecule has 0 radical (unpaired) electrons. The highest BCUT2D eigenvalue weighted by atomic mass is 32.1. The predicted octanol–water partition coefficient (Wildman–Crippen LogP) is 2.37. The summed E-state index contributed by atoms with van der Waals surface area (Å²) >= 11 is 1.70. The number of thiophene rings is 1. The first-order valence-electron chi connectivity index (χ1n) is 3.67. The second-order valence-electron chi connectivity index (χ2n) is 2.38. The lowest BCUT2D eigenvalue weighted by atomic mass is 10.3. The first-order chi connectivity index (χ1) is 5.34. The average molecular weight is 173 g/mol. The smallest absolute Gasteiger partial charge is 0.102 e. The third-order valence-corrected chi connectivity index (χ3v) is 2.57. The van der Waals surface area contributed by atoms with Crippen molar-refractivity contribution in [1.29, 1.82) is 0 Å². The molecule has 1 aromatic rings. The maximum atomic E-state index is 11.7. The van der Waals surface area contributed by atoms with Gasteiger partial charge in [0, 0.05) is 17.5 Å². The van der Waals surface area contributed by atoms with Crippen LogP contribution in [-0.4, -0.2) is 13.2 Å². The molecule has 0 spiro atoms. The summed E-state index contributed by atoms with van der Waals surface area (Å²) < 4.78 is 11.7. The molecule has 0 aliphatic heterocycles. The van der Waals surface area contributed by atoms with Gasteiger partial charge in [0.2, 0.25) is 0 Å². The van der Waals surface area contributed by atoms with Gasteiger partial charge in [0.15, 0.2) is 0 Å². The zero-order chi connectivity index (χ0) is 8.10. The van der Waals surface area contributed by atoms with Gasteiger partial charge in [-0.3, -0.25) is 0 Å². The predicted molar refractivity (Wildman–Crippen MR) is 46.7 cm³/mol. The quantitative estimate of drug-likeness (QED) is 0.737. The summed E-state index contributed by atoms with van der Waals surface area (Å²) in [5.74, 6) is 0. The van der Waals surface area contributed by atoms with Crippen molar-refractivity contribution in [3.63, 3.8) is 0 Å². The molecule has 1 heterocycles. The minimum absolute atomic E-state index is 0.283. The summed E-state index contributed by atoms with van der Waals surface area (Å²) in [5.41, 5.74) is 0. The molecule has 1 N–H and O–H groups in total. The second-order valence-corrected chi connectivity index (χ2v) is 3.36. The van der Waals surface area contributed by atoms with Crippen LogP contribution in [0, 0.1) is 0 Å². The fourth-order valence-corrected chi connectivity index (χ4v) is 1.67. The summed E-state index contributed by atoms with van der Waals surface area (Å²) in [6.07, 6.45) is 0. The molecular weight excluding hydrogens is 161 g/mol. The van der Waals surface area contributed by atoms with Gasteiger partial charge in [0.05, 0.1) is 0 Å². The molecule has 0 unspecified atom stereocenters. The molecule has 0 amide bonds. The Bertz CT molecular complexity index is 186. The van der Waals surface area contributed by atoms with E-state index in [1.54, 1.807) is 11.3 Å². The molecule has 0 saturated heterocycles. The number of nitrogens with one attached hydrogen (secondary N) is 1. The van der Waals surface area contributed by atoms with Crippen molar-refractivity contribution in [2.75, 3.05) is 13.2 Å². The molecule has 3 heteroatoms. The zero-order valence-electron chi connectivity index (χ0n) is 6.51. The Hall–Kier alpha value is -0.410. The molecule has 11 heavy (non-hydrogen) atoms. The van der Waals surface area contributed by atoms with Crippen LogP contribution >= 0.6 is 11.3 Å². The van der Waals surface area contributed by atoms with E-state index in [2.05, 4.69) is 11.4 Å². The van der Waals surface area contributed by atoms with Crippen LogP contribution in [-0.2, 0) is 0 Å². The summed E-state index contributed by atoms with van der Waals surface area (Å²) in [6, 6.07) is 4.35. The van der Waals surface area contributed by atoms with E-state index < -0.39 is 0 Å². The number of hydrogen-bond acceptors (Lipinski definition) is 2. The summed E-state index contributed by atoms with van der Waals surface area (Å²) in [7, 11) is 0. The summed E-state index contributed by atoms with van der Waals surface area (Å²) in [4.78, 5) is 1.26. The third-order valence-electron chi connectivity index (χ3n) is 1.51. The minimum atomic E-state index is -0.296. The van der Waals surface area contributed by atoms with Crippen LogP contribution in [0.25, 0.3) is 0 Å². The molecule has 0 bridgehead atoms.